The van der Waals surface area contributed by atoms with Gasteiger partial charge < -0.3 is 24.4 Å². The quantitative estimate of drug-likeness (QED) is 0.340. The molecule has 0 aliphatic rings. The van der Waals surface area contributed by atoms with Crippen LogP contribution in [0, 0.1) is 5.82 Å². The van der Waals surface area contributed by atoms with Crippen molar-refractivity contribution in [2.45, 2.75) is 26.0 Å². The summed E-state index contributed by atoms with van der Waals surface area (Å²) in [6, 6.07) is 16.8. The molecule has 0 aliphatic heterocycles. The van der Waals surface area contributed by atoms with E-state index >= 15 is 0 Å². The summed E-state index contributed by atoms with van der Waals surface area (Å²) in [4.78, 5) is 42.8. The third-order valence-electron chi connectivity index (χ3n) is 6.06. The number of ether oxygens (including phenoxy) is 1. The summed E-state index contributed by atoms with van der Waals surface area (Å²) in [5.74, 6) is -2.63. The van der Waals surface area contributed by atoms with E-state index in [0.717, 1.165) is 11.1 Å². The van der Waals surface area contributed by atoms with E-state index in [-0.39, 0.29) is 36.5 Å². The van der Waals surface area contributed by atoms with Gasteiger partial charge in [0.25, 0.3) is 5.56 Å². The molecule has 2 aromatic heterocycles. The normalized spacial score (nSPS) is 10.9. The number of aromatic hydroxyl groups is 1. The maximum atomic E-state index is 13.3. The number of pyridine rings is 2. The molecule has 2 heterocycles. The van der Waals surface area contributed by atoms with Crippen LogP contribution in [0.2, 0.25) is 0 Å². The number of aromatic carboxylic acids is 1. The van der Waals surface area contributed by atoms with Gasteiger partial charge in [0.1, 0.15) is 17.9 Å². The molecule has 10 heteroatoms. The van der Waals surface area contributed by atoms with Crippen molar-refractivity contribution in [3.05, 3.63) is 105 Å². The number of benzene rings is 2. The maximum absolute atomic E-state index is 13.3. The highest BCUT2D eigenvalue weighted by molar-refractivity contribution is 5.97. The molecular weight excluding hydrogens is 493 g/mol. The Balaban J connectivity index is 1.54. The Bertz CT molecular complexity index is 1520. The molecule has 2 aromatic carbocycles. The smallest absolute Gasteiger partial charge is 0.409 e. The van der Waals surface area contributed by atoms with Crippen LogP contribution >= 0.6 is 0 Å². The van der Waals surface area contributed by atoms with Gasteiger partial charge in [-0.15, -0.1) is 0 Å². The standard InChI is InChI=1S/C28H26FN3O6/c1-31(28(37)38-17-19-6-3-2-4-7-19)12-5-13-32-22-15-20(14-18-8-10-21(29)11-9-18)16-30-24(22)25(33)23(26(32)34)27(35)36/h2-4,6-11,15-16,33H,5,12-14,17H2,1H3,(H,35,36). The second kappa shape index (κ2) is 11.5. The summed E-state index contributed by atoms with van der Waals surface area (Å²) in [5, 5.41) is 20.0. The summed E-state index contributed by atoms with van der Waals surface area (Å²) in [6.45, 7) is 0.415. The number of hydrogen-bond donors (Lipinski definition) is 2. The van der Waals surface area contributed by atoms with E-state index in [1.807, 2.05) is 30.3 Å². The number of rotatable bonds is 9. The van der Waals surface area contributed by atoms with E-state index in [1.165, 1.54) is 27.8 Å². The largest absolute Gasteiger partial charge is 0.505 e. The lowest BCUT2D eigenvalue weighted by atomic mass is 10.1. The number of carboxylic acid groups (broad SMARTS) is 1. The van der Waals surface area contributed by atoms with Crippen molar-refractivity contribution in [3.63, 3.8) is 0 Å². The first-order valence-corrected chi connectivity index (χ1v) is 11.9. The lowest BCUT2D eigenvalue weighted by Crippen LogP contribution is -2.31. The van der Waals surface area contributed by atoms with Gasteiger partial charge in [-0.3, -0.25) is 9.78 Å². The van der Waals surface area contributed by atoms with E-state index in [4.69, 9.17) is 4.74 Å². The lowest BCUT2D eigenvalue weighted by Gasteiger charge is -2.18. The molecule has 0 unspecified atom stereocenters. The number of carboxylic acids is 1. The van der Waals surface area contributed by atoms with E-state index < -0.39 is 28.9 Å². The first-order chi connectivity index (χ1) is 18.2. The van der Waals surface area contributed by atoms with Crippen LogP contribution in [0.5, 0.6) is 5.75 Å². The van der Waals surface area contributed by atoms with E-state index in [2.05, 4.69) is 4.98 Å². The minimum Gasteiger partial charge on any atom is -0.505 e. The van der Waals surface area contributed by atoms with Crippen LogP contribution in [-0.2, 0) is 24.3 Å². The number of amides is 1. The van der Waals surface area contributed by atoms with E-state index in [0.29, 0.717) is 18.4 Å². The molecule has 0 atom stereocenters. The van der Waals surface area contributed by atoms with Gasteiger partial charge in [0.15, 0.2) is 11.3 Å². The van der Waals surface area contributed by atoms with Gasteiger partial charge >= 0.3 is 12.1 Å². The third-order valence-corrected chi connectivity index (χ3v) is 6.06. The maximum Gasteiger partial charge on any atom is 0.409 e. The van der Waals surface area contributed by atoms with Crippen molar-refractivity contribution in [2.75, 3.05) is 13.6 Å². The Morgan fingerprint density at radius 2 is 1.76 bits per heavy atom. The molecule has 196 valence electrons. The van der Waals surface area contributed by atoms with Crippen molar-refractivity contribution >= 4 is 23.1 Å². The Labute approximate surface area is 217 Å². The van der Waals surface area contributed by atoms with Gasteiger partial charge in [0.05, 0.1) is 5.52 Å². The fraction of sp³-hybridized carbons (Fsp3) is 0.214. The monoisotopic (exact) mass is 519 g/mol. The van der Waals surface area contributed by atoms with Crippen LogP contribution in [0.4, 0.5) is 9.18 Å². The average molecular weight is 520 g/mol. The molecule has 0 bridgehead atoms. The van der Waals surface area contributed by atoms with Crippen molar-refractivity contribution < 1.29 is 28.9 Å². The molecule has 4 aromatic rings. The van der Waals surface area contributed by atoms with Gasteiger partial charge in [0.2, 0.25) is 0 Å². The molecule has 0 saturated heterocycles. The van der Waals surface area contributed by atoms with Gasteiger partial charge in [-0.25, -0.2) is 14.0 Å². The number of carbonyl (C=O) groups excluding carboxylic acids is 1. The average Bonchev–Trinajstić information content (AvgIpc) is 2.90. The zero-order chi connectivity index (χ0) is 27.2. The first kappa shape index (κ1) is 26.3. The Morgan fingerprint density at radius 3 is 2.45 bits per heavy atom. The second-order valence-electron chi connectivity index (χ2n) is 8.82. The third kappa shape index (κ3) is 5.97. The van der Waals surface area contributed by atoms with Crippen LogP contribution in [0.25, 0.3) is 11.0 Å². The van der Waals surface area contributed by atoms with E-state index in [1.54, 1.807) is 25.2 Å². The number of hydrogen-bond acceptors (Lipinski definition) is 6. The van der Waals surface area contributed by atoms with Gasteiger partial charge in [-0.2, -0.15) is 0 Å². The van der Waals surface area contributed by atoms with Crippen molar-refractivity contribution in [2.24, 2.45) is 0 Å². The fourth-order valence-corrected chi connectivity index (χ4v) is 4.08. The molecule has 0 aliphatic carbocycles. The van der Waals surface area contributed by atoms with Crippen LogP contribution < -0.4 is 5.56 Å². The van der Waals surface area contributed by atoms with Crippen molar-refractivity contribution in [3.8, 4) is 5.75 Å². The zero-order valence-electron chi connectivity index (χ0n) is 20.6. The molecule has 4 rings (SSSR count). The summed E-state index contributed by atoms with van der Waals surface area (Å²) >= 11 is 0. The first-order valence-electron chi connectivity index (χ1n) is 11.9. The minimum absolute atomic E-state index is 0.0273. The van der Waals surface area contributed by atoms with Gasteiger partial charge in [-0.05, 0) is 47.7 Å². The van der Waals surface area contributed by atoms with Crippen LogP contribution in [0.1, 0.15) is 33.5 Å². The predicted octanol–water partition coefficient (Wildman–Crippen LogP) is 4.19. The fourth-order valence-electron chi connectivity index (χ4n) is 4.08. The molecule has 0 saturated carbocycles. The van der Waals surface area contributed by atoms with Crippen LogP contribution in [-0.4, -0.2) is 50.3 Å². The van der Waals surface area contributed by atoms with Gasteiger partial charge in [0, 0.05) is 26.3 Å². The number of nitrogens with zero attached hydrogens (tertiary/aromatic N) is 3. The SMILES string of the molecule is CN(CCCn1c(=O)c(C(=O)O)c(O)c2ncc(Cc3ccc(F)cc3)cc21)C(=O)OCc1ccccc1. The second-order valence-corrected chi connectivity index (χ2v) is 8.82. The van der Waals surface area contributed by atoms with E-state index in [9.17, 15) is 29.0 Å². The summed E-state index contributed by atoms with van der Waals surface area (Å²) in [7, 11) is 1.57. The number of aromatic nitrogens is 2. The van der Waals surface area contributed by atoms with Crippen LogP contribution in [0.15, 0.2) is 71.7 Å². The Morgan fingerprint density at radius 1 is 1.05 bits per heavy atom. The highest BCUT2D eigenvalue weighted by atomic mass is 19.1. The molecule has 2 N–H and O–H groups in total. The molecule has 38 heavy (non-hydrogen) atoms. The number of aryl methyl sites for hydroxylation is 1. The number of halogens is 1. The summed E-state index contributed by atoms with van der Waals surface area (Å²) < 4.78 is 19.8. The summed E-state index contributed by atoms with van der Waals surface area (Å²) in [6.07, 6.45) is 1.63. The molecule has 1 amide bonds. The molecular formula is C28H26FN3O6. The predicted molar refractivity (Wildman–Crippen MR) is 138 cm³/mol. The van der Waals surface area contributed by atoms with Gasteiger partial charge in [-0.1, -0.05) is 42.5 Å². The van der Waals surface area contributed by atoms with Crippen molar-refractivity contribution in [1.29, 1.82) is 0 Å². The molecule has 0 fully saturated rings. The zero-order valence-corrected chi connectivity index (χ0v) is 20.6. The highest BCUT2D eigenvalue weighted by Gasteiger charge is 2.23. The molecule has 0 spiro atoms. The summed E-state index contributed by atoms with van der Waals surface area (Å²) in [5.41, 5.74) is 0.919. The number of carbonyl (C=O) groups is 2. The van der Waals surface area contributed by atoms with Crippen molar-refractivity contribution in [1.82, 2.24) is 14.5 Å². The van der Waals surface area contributed by atoms with Crippen LogP contribution in [0.3, 0.4) is 0 Å². The Hall–Kier alpha value is -4.73. The molecule has 9 nitrogen and oxygen atoms in total. The highest BCUT2D eigenvalue weighted by Crippen LogP contribution is 2.26. The Kier molecular flexibility index (Phi) is 8.00. The lowest BCUT2D eigenvalue weighted by molar-refractivity contribution is 0.0691. The topological polar surface area (TPSA) is 122 Å². The number of fused-ring (bicyclic) bond motifs is 1. The molecule has 0 radical (unpaired) electrons. The minimum atomic E-state index is -1.57.